The number of esters is 1. The number of aryl methyl sites for hydroxylation is 1. The number of pyridine rings is 1. The number of nitrogens with zero attached hydrogens (tertiary/aromatic N) is 1. The third kappa shape index (κ3) is 8.51. The fourth-order valence-electron chi connectivity index (χ4n) is 2.18. The summed E-state index contributed by atoms with van der Waals surface area (Å²) in [6.07, 6.45) is 3.45. The molecule has 0 radical (unpaired) electrons. The van der Waals surface area contributed by atoms with Crippen molar-refractivity contribution in [3.8, 4) is 0 Å². The van der Waals surface area contributed by atoms with Crippen molar-refractivity contribution in [1.29, 1.82) is 0 Å². The highest BCUT2D eigenvalue weighted by Crippen LogP contribution is 2.14. The predicted molar refractivity (Wildman–Crippen MR) is 90.4 cm³/mol. The number of ketones is 2. The van der Waals surface area contributed by atoms with E-state index in [4.69, 9.17) is 14.2 Å². The Morgan fingerprint density at radius 3 is 2.24 bits per heavy atom. The lowest BCUT2D eigenvalue weighted by atomic mass is 9.92. The molecule has 1 atom stereocenters. The van der Waals surface area contributed by atoms with Gasteiger partial charge in [-0.25, -0.2) is 0 Å². The standard InChI is InChI=1S/C18H25NO6/c1-13-10-16(12-19-11-13)18(22)17(14(2)20)4-5-23-6-7-24-8-9-25-15(3)21/h10-12,17H,4-9H2,1-3H3. The van der Waals surface area contributed by atoms with Gasteiger partial charge in [0.1, 0.15) is 12.4 Å². The van der Waals surface area contributed by atoms with E-state index < -0.39 is 5.92 Å². The van der Waals surface area contributed by atoms with E-state index in [0.717, 1.165) is 5.56 Å². The fourth-order valence-corrected chi connectivity index (χ4v) is 2.18. The Hall–Kier alpha value is -2.12. The highest BCUT2D eigenvalue weighted by atomic mass is 16.6. The van der Waals surface area contributed by atoms with Crippen molar-refractivity contribution < 1.29 is 28.6 Å². The molecule has 0 aromatic carbocycles. The Morgan fingerprint density at radius 1 is 1.00 bits per heavy atom. The van der Waals surface area contributed by atoms with E-state index in [1.165, 1.54) is 20.0 Å². The molecule has 1 aromatic heterocycles. The second-order valence-electron chi connectivity index (χ2n) is 5.63. The van der Waals surface area contributed by atoms with Gasteiger partial charge in [-0.2, -0.15) is 0 Å². The van der Waals surface area contributed by atoms with E-state index in [-0.39, 0.29) is 30.7 Å². The molecule has 0 spiro atoms. The van der Waals surface area contributed by atoms with Crippen LogP contribution in [-0.4, -0.2) is 55.6 Å². The number of Topliss-reactive ketones (excluding diaryl/α,β-unsaturated/α-hetero) is 2. The SMILES string of the molecule is CC(=O)OCCOCCOCCC(C(C)=O)C(=O)c1cncc(C)c1. The van der Waals surface area contributed by atoms with Crippen LogP contribution in [0.4, 0.5) is 0 Å². The smallest absolute Gasteiger partial charge is 0.302 e. The Balaban J connectivity index is 2.29. The second-order valence-corrected chi connectivity index (χ2v) is 5.63. The van der Waals surface area contributed by atoms with Gasteiger partial charge in [-0.3, -0.25) is 19.4 Å². The van der Waals surface area contributed by atoms with E-state index in [2.05, 4.69) is 4.98 Å². The van der Waals surface area contributed by atoms with Crippen molar-refractivity contribution in [3.63, 3.8) is 0 Å². The highest BCUT2D eigenvalue weighted by molar-refractivity contribution is 6.09. The Morgan fingerprint density at radius 2 is 1.64 bits per heavy atom. The summed E-state index contributed by atoms with van der Waals surface area (Å²) in [5.41, 5.74) is 1.31. The van der Waals surface area contributed by atoms with E-state index in [1.54, 1.807) is 12.3 Å². The van der Waals surface area contributed by atoms with E-state index in [9.17, 15) is 14.4 Å². The summed E-state index contributed by atoms with van der Waals surface area (Å²) in [7, 11) is 0. The van der Waals surface area contributed by atoms with Crippen LogP contribution < -0.4 is 0 Å². The Labute approximate surface area is 147 Å². The van der Waals surface area contributed by atoms with Crippen molar-refractivity contribution in [2.45, 2.75) is 27.2 Å². The zero-order chi connectivity index (χ0) is 18.7. The maximum absolute atomic E-state index is 12.4. The number of carbonyl (C=O) groups is 3. The van der Waals surface area contributed by atoms with Crippen molar-refractivity contribution in [2.75, 3.05) is 33.0 Å². The minimum absolute atomic E-state index is 0.187. The first-order chi connectivity index (χ1) is 11.9. The third-order valence-electron chi connectivity index (χ3n) is 3.42. The monoisotopic (exact) mass is 351 g/mol. The van der Waals surface area contributed by atoms with Gasteiger partial charge >= 0.3 is 5.97 Å². The molecule has 0 aliphatic heterocycles. The van der Waals surface area contributed by atoms with E-state index >= 15 is 0 Å². The van der Waals surface area contributed by atoms with Crippen LogP contribution in [0.2, 0.25) is 0 Å². The van der Waals surface area contributed by atoms with Gasteiger partial charge in [0.15, 0.2) is 5.78 Å². The molecule has 0 saturated heterocycles. The Bertz CT molecular complexity index is 587. The van der Waals surface area contributed by atoms with Gasteiger partial charge in [0, 0.05) is 31.5 Å². The van der Waals surface area contributed by atoms with Crippen LogP contribution in [0.1, 0.15) is 36.2 Å². The molecular weight excluding hydrogens is 326 g/mol. The summed E-state index contributed by atoms with van der Waals surface area (Å²) >= 11 is 0. The number of hydrogen-bond acceptors (Lipinski definition) is 7. The summed E-state index contributed by atoms with van der Waals surface area (Å²) in [4.78, 5) is 38.8. The zero-order valence-electron chi connectivity index (χ0n) is 14.9. The van der Waals surface area contributed by atoms with E-state index in [1.807, 2.05) is 6.92 Å². The summed E-state index contributed by atoms with van der Waals surface area (Å²) < 4.78 is 15.3. The first kappa shape index (κ1) is 20.9. The van der Waals surface area contributed by atoms with Crippen LogP contribution >= 0.6 is 0 Å². The lowest BCUT2D eigenvalue weighted by Gasteiger charge is -2.13. The first-order valence-electron chi connectivity index (χ1n) is 8.17. The minimum Gasteiger partial charge on any atom is -0.463 e. The maximum Gasteiger partial charge on any atom is 0.302 e. The van der Waals surface area contributed by atoms with Crippen LogP contribution in [0, 0.1) is 12.8 Å². The summed E-state index contributed by atoms with van der Waals surface area (Å²) in [6.45, 7) is 6.07. The molecule has 7 heteroatoms. The molecule has 0 amide bonds. The molecule has 1 aromatic rings. The Kier molecular flexibility index (Phi) is 9.57. The molecule has 0 bridgehead atoms. The van der Waals surface area contributed by atoms with Gasteiger partial charge in [0.05, 0.1) is 25.7 Å². The second kappa shape index (κ2) is 11.4. The fraction of sp³-hybridized carbons (Fsp3) is 0.556. The van der Waals surface area contributed by atoms with Crippen molar-refractivity contribution in [2.24, 2.45) is 5.92 Å². The third-order valence-corrected chi connectivity index (χ3v) is 3.42. The van der Waals surface area contributed by atoms with Gasteiger partial charge in [-0.1, -0.05) is 0 Å². The quantitative estimate of drug-likeness (QED) is 0.245. The largest absolute Gasteiger partial charge is 0.463 e. The molecule has 0 saturated carbocycles. The molecule has 1 rings (SSSR count). The molecule has 0 N–H and O–H groups in total. The van der Waals surface area contributed by atoms with Crippen LogP contribution in [-0.2, 0) is 23.8 Å². The number of hydrogen-bond donors (Lipinski definition) is 0. The average molecular weight is 351 g/mol. The van der Waals surface area contributed by atoms with Gasteiger partial charge in [-0.05, 0) is 31.9 Å². The van der Waals surface area contributed by atoms with Crippen LogP contribution in [0.15, 0.2) is 18.5 Å². The lowest BCUT2D eigenvalue weighted by Crippen LogP contribution is -2.24. The summed E-state index contributed by atoms with van der Waals surface area (Å²) in [6, 6.07) is 1.73. The topological polar surface area (TPSA) is 91.8 Å². The van der Waals surface area contributed by atoms with Crippen molar-refractivity contribution in [1.82, 2.24) is 4.98 Å². The summed E-state index contributed by atoms with van der Waals surface area (Å²) in [5, 5.41) is 0. The normalized spacial score (nSPS) is 11.8. The molecule has 1 heterocycles. The number of ether oxygens (including phenoxy) is 3. The number of carbonyl (C=O) groups excluding carboxylic acids is 3. The highest BCUT2D eigenvalue weighted by Gasteiger charge is 2.24. The van der Waals surface area contributed by atoms with Gasteiger partial charge in [0.2, 0.25) is 0 Å². The molecular formula is C18H25NO6. The van der Waals surface area contributed by atoms with Crippen LogP contribution in [0.5, 0.6) is 0 Å². The first-order valence-corrected chi connectivity index (χ1v) is 8.17. The molecule has 138 valence electrons. The molecule has 7 nitrogen and oxygen atoms in total. The van der Waals surface area contributed by atoms with E-state index in [0.29, 0.717) is 31.8 Å². The zero-order valence-corrected chi connectivity index (χ0v) is 14.9. The lowest BCUT2D eigenvalue weighted by molar-refractivity contribution is -0.142. The molecule has 0 aliphatic rings. The van der Waals surface area contributed by atoms with Gasteiger partial charge in [0.25, 0.3) is 0 Å². The van der Waals surface area contributed by atoms with Gasteiger partial charge < -0.3 is 14.2 Å². The molecule has 0 fully saturated rings. The maximum atomic E-state index is 12.4. The summed E-state index contributed by atoms with van der Waals surface area (Å²) in [5.74, 6) is -1.49. The van der Waals surface area contributed by atoms with Crippen LogP contribution in [0.3, 0.4) is 0 Å². The minimum atomic E-state index is -0.728. The number of aromatic nitrogens is 1. The molecule has 1 unspecified atom stereocenters. The van der Waals surface area contributed by atoms with Crippen LogP contribution in [0.25, 0.3) is 0 Å². The predicted octanol–water partition coefficient (Wildman–Crippen LogP) is 1.76. The van der Waals surface area contributed by atoms with Gasteiger partial charge in [-0.15, -0.1) is 0 Å². The van der Waals surface area contributed by atoms with Crippen molar-refractivity contribution in [3.05, 3.63) is 29.6 Å². The molecule has 0 aliphatic carbocycles. The number of rotatable bonds is 12. The van der Waals surface area contributed by atoms with Crippen molar-refractivity contribution >= 4 is 17.5 Å². The molecule has 25 heavy (non-hydrogen) atoms. The average Bonchev–Trinajstić information content (AvgIpc) is 2.55.